The van der Waals surface area contributed by atoms with Gasteiger partial charge in [-0.25, -0.2) is 0 Å². The molecule has 42 heavy (non-hydrogen) atoms. The number of nitrogens with two attached hydrogens (primary N) is 1. The lowest BCUT2D eigenvalue weighted by atomic mass is 9.75. The fraction of sp³-hybridized carbons (Fsp3) is 0.676. The third kappa shape index (κ3) is 5.93. The fourth-order valence-corrected chi connectivity index (χ4v) is 9.23. The Labute approximate surface area is 254 Å². The predicted molar refractivity (Wildman–Crippen MR) is 177 cm³/mol. The second-order valence-electron chi connectivity index (χ2n) is 14.1. The Morgan fingerprint density at radius 3 is 2.10 bits per heavy atom. The van der Waals surface area contributed by atoms with E-state index in [-0.39, 0.29) is 0 Å². The van der Waals surface area contributed by atoms with Crippen LogP contribution in [0.1, 0.15) is 107 Å². The average Bonchev–Trinajstić information content (AvgIpc) is 3.22. The van der Waals surface area contributed by atoms with Crippen LogP contribution in [0.15, 0.2) is 42.1 Å². The van der Waals surface area contributed by atoms with Crippen molar-refractivity contribution in [3.05, 3.63) is 53.4 Å². The first kappa shape index (κ1) is 28.5. The van der Waals surface area contributed by atoms with Crippen molar-refractivity contribution in [3.8, 4) is 0 Å². The highest BCUT2D eigenvalue weighted by molar-refractivity contribution is 5.89. The highest BCUT2D eigenvalue weighted by atomic mass is 15.2. The molecule has 5 aliphatic rings. The van der Waals surface area contributed by atoms with Crippen LogP contribution in [0.4, 0.5) is 5.69 Å². The summed E-state index contributed by atoms with van der Waals surface area (Å²) in [7, 11) is 0. The zero-order valence-corrected chi connectivity index (χ0v) is 26.1. The van der Waals surface area contributed by atoms with Gasteiger partial charge in [-0.15, -0.1) is 0 Å². The average molecular weight is 570 g/mol. The smallest absolute Gasteiger partial charge is 0.0506 e. The van der Waals surface area contributed by atoms with Gasteiger partial charge in [0.05, 0.1) is 5.52 Å². The second kappa shape index (κ2) is 13.2. The van der Waals surface area contributed by atoms with E-state index >= 15 is 0 Å². The summed E-state index contributed by atoms with van der Waals surface area (Å²) in [6.45, 7) is 11.1. The molecule has 2 atom stereocenters. The number of piperidine rings is 2. The molecule has 2 saturated heterocycles. The lowest BCUT2D eigenvalue weighted by molar-refractivity contribution is 0.163. The first-order valence-electron chi connectivity index (χ1n) is 17.8. The van der Waals surface area contributed by atoms with Crippen LogP contribution in [0.25, 0.3) is 10.9 Å². The molecule has 2 N–H and O–H groups in total. The van der Waals surface area contributed by atoms with Crippen molar-refractivity contribution < 1.29 is 0 Å². The number of hydrogen-bond acceptors (Lipinski definition) is 4. The molecule has 2 unspecified atom stereocenters. The number of aromatic nitrogens is 1. The first-order valence-corrected chi connectivity index (χ1v) is 17.8. The van der Waals surface area contributed by atoms with Crippen LogP contribution in [-0.4, -0.2) is 71.6 Å². The number of anilines is 1. The lowest BCUT2D eigenvalue weighted by Gasteiger charge is -2.40. The molecule has 2 aliphatic carbocycles. The lowest BCUT2D eigenvalue weighted by Crippen LogP contribution is -2.43. The minimum Gasteiger partial charge on any atom is -0.399 e. The van der Waals surface area contributed by atoms with E-state index in [1.54, 1.807) is 17.0 Å². The quantitative estimate of drug-likeness (QED) is 0.334. The monoisotopic (exact) mass is 569 g/mol. The number of allylic oxidation sites excluding steroid dienone is 4. The summed E-state index contributed by atoms with van der Waals surface area (Å²) < 4.78 is 2.72. The molecule has 0 spiro atoms. The van der Waals surface area contributed by atoms with Gasteiger partial charge in [-0.2, -0.15) is 0 Å². The van der Waals surface area contributed by atoms with Crippen LogP contribution < -0.4 is 5.73 Å². The summed E-state index contributed by atoms with van der Waals surface area (Å²) in [5.41, 5.74) is 13.7. The van der Waals surface area contributed by atoms with Gasteiger partial charge in [0.15, 0.2) is 0 Å². The molecular weight excluding hydrogens is 514 g/mol. The van der Waals surface area contributed by atoms with Crippen molar-refractivity contribution in [1.29, 1.82) is 0 Å². The highest BCUT2D eigenvalue weighted by Crippen LogP contribution is 2.49. The molecule has 1 saturated carbocycles. The van der Waals surface area contributed by atoms with E-state index in [9.17, 15) is 0 Å². The number of likely N-dealkylation sites (tertiary alicyclic amines) is 2. The van der Waals surface area contributed by atoms with Gasteiger partial charge >= 0.3 is 0 Å². The molecule has 0 bridgehead atoms. The minimum atomic E-state index is 0.463. The molecule has 2 aromatic rings. The summed E-state index contributed by atoms with van der Waals surface area (Å²) in [4.78, 5) is 8.33. The molecule has 0 radical (unpaired) electrons. The molecule has 3 fully saturated rings. The normalized spacial score (nSPS) is 26.0. The number of fused-ring (bicyclic) bond motifs is 5. The summed E-state index contributed by atoms with van der Waals surface area (Å²) in [6.07, 6.45) is 25.2. The molecule has 5 heteroatoms. The zero-order chi connectivity index (χ0) is 28.3. The van der Waals surface area contributed by atoms with Crippen LogP contribution >= 0.6 is 0 Å². The third-order valence-corrected chi connectivity index (χ3v) is 11.4. The maximum atomic E-state index is 6.42. The van der Waals surface area contributed by atoms with Crippen LogP contribution in [0.3, 0.4) is 0 Å². The zero-order valence-electron chi connectivity index (χ0n) is 26.1. The minimum absolute atomic E-state index is 0.463. The number of nitrogen functional groups attached to an aromatic ring is 1. The summed E-state index contributed by atoms with van der Waals surface area (Å²) in [5, 5.41) is 1.49. The number of aryl methyl sites for hydroxylation is 1. The number of benzene rings is 1. The number of hydrogen-bond donors (Lipinski definition) is 1. The summed E-state index contributed by atoms with van der Waals surface area (Å²) in [6, 6.07) is 6.79. The van der Waals surface area contributed by atoms with Crippen LogP contribution in [0.5, 0.6) is 0 Å². The van der Waals surface area contributed by atoms with Gasteiger partial charge in [-0.3, -0.25) is 0 Å². The maximum Gasteiger partial charge on any atom is 0.0506 e. The predicted octanol–water partition coefficient (Wildman–Crippen LogP) is 7.49. The van der Waals surface area contributed by atoms with Gasteiger partial charge in [0.2, 0.25) is 0 Å². The Morgan fingerprint density at radius 1 is 0.738 bits per heavy atom. The second-order valence-corrected chi connectivity index (χ2v) is 14.1. The van der Waals surface area contributed by atoms with Crippen molar-refractivity contribution in [2.45, 2.75) is 102 Å². The Kier molecular flexibility index (Phi) is 8.95. The molecule has 0 amide bonds. The number of nitrogens with zero attached hydrogens (tertiary/aromatic N) is 4. The van der Waals surface area contributed by atoms with Gasteiger partial charge < -0.3 is 25.0 Å². The van der Waals surface area contributed by atoms with Crippen LogP contribution in [0.2, 0.25) is 0 Å². The van der Waals surface area contributed by atoms with Crippen molar-refractivity contribution >= 4 is 16.6 Å². The molecule has 1 aromatic carbocycles. The van der Waals surface area contributed by atoms with E-state index in [1.165, 1.54) is 147 Å². The Balaban J connectivity index is 1.21. The van der Waals surface area contributed by atoms with Crippen LogP contribution in [-0.2, 0) is 6.54 Å². The largest absolute Gasteiger partial charge is 0.399 e. The van der Waals surface area contributed by atoms with E-state index in [4.69, 9.17) is 5.73 Å². The topological polar surface area (TPSA) is 40.7 Å². The van der Waals surface area contributed by atoms with Gasteiger partial charge in [0.25, 0.3) is 0 Å². The van der Waals surface area contributed by atoms with Gasteiger partial charge in [-0.1, -0.05) is 50.3 Å². The first-order chi connectivity index (χ1) is 20.8. The van der Waals surface area contributed by atoms with E-state index < -0.39 is 0 Å². The number of rotatable bonds is 8. The van der Waals surface area contributed by atoms with Gasteiger partial charge in [0, 0.05) is 67.0 Å². The molecule has 4 heterocycles. The Morgan fingerprint density at radius 2 is 1.40 bits per heavy atom. The van der Waals surface area contributed by atoms with Crippen molar-refractivity contribution in [3.63, 3.8) is 0 Å². The van der Waals surface area contributed by atoms with Crippen molar-refractivity contribution in [2.75, 3.05) is 58.1 Å². The SMILES string of the molecule is Nc1ccc2c(C3CCCCC3)c3n(c2c1)CCCC1C(N(CCN2CCCCC2)CCN2CCCCC2)=CC=CC31. The van der Waals surface area contributed by atoms with Gasteiger partial charge in [0.1, 0.15) is 0 Å². The Hall–Kier alpha value is -2.24. The van der Waals surface area contributed by atoms with Crippen molar-refractivity contribution in [1.82, 2.24) is 19.3 Å². The molecule has 5 nitrogen and oxygen atoms in total. The standard InChI is InChI=1S/C37H55N5/c38-30-17-18-33-35(28-30)42-23-11-15-31-32(37(42)36(33)29-12-4-1-5-13-29)14-10-16-34(31)41(26-24-39-19-6-2-7-20-39)27-25-40-21-8-3-9-22-40/h10,14,16-18,28-29,31-32H,1-9,11-13,15,19-27,38H2. The van der Waals surface area contributed by atoms with E-state index in [1.807, 2.05) is 0 Å². The molecule has 1 aromatic heterocycles. The molecule has 7 rings (SSSR count). The molecular formula is C37H55N5. The molecule has 228 valence electrons. The third-order valence-electron chi connectivity index (χ3n) is 11.4. The summed E-state index contributed by atoms with van der Waals surface area (Å²) >= 11 is 0. The summed E-state index contributed by atoms with van der Waals surface area (Å²) in [5.74, 6) is 1.73. The van der Waals surface area contributed by atoms with E-state index in [2.05, 4.69) is 55.7 Å². The van der Waals surface area contributed by atoms with E-state index in [0.717, 1.165) is 12.2 Å². The highest BCUT2D eigenvalue weighted by Gasteiger charge is 2.38. The van der Waals surface area contributed by atoms with Gasteiger partial charge in [-0.05, 0) is 107 Å². The fourth-order valence-electron chi connectivity index (χ4n) is 9.23. The van der Waals surface area contributed by atoms with Crippen molar-refractivity contribution in [2.24, 2.45) is 5.92 Å². The van der Waals surface area contributed by atoms with Crippen LogP contribution in [0, 0.1) is 5.92 Å². The molecule has 3 aliphatic heterocycles. The van der Waals surface area contributed by atoms with E-state index in [0.29, 0.717) is 17.8 Å². The Bertz CT molecular complexity index is 1230. The maximum absolute atomic E-state index is 6.42.